The van der Waals surface area contributed by atoms with Crippen molar-refractivity contribution in [3.05, 3.63) is 66.4 Å². The summed E-state index contributed by atoms with van der Waals surface area (Å²) in [5.74, 6) is 0.443. The van der Waals surface area contributed by atoms with Crippen LogP contribution in [0.1, 0.15) is 17.9 Å². The Morgan fingerprint density at radius 1 is 1.00 bits per heavy atom. The Balaban J connectivity index is 1.55. The Kier molecular flexibility index (Phi) is 4.31. The maximum absolute atomic E-state index is 12.5. The van der Waals surface area contributed by atoms with E-state index in [1.807, 2.05) is 48.5 Å². The number of pyridine rings is 1. The van der Waals surface area contributed by atoms with Crippen LogP contribution in [0.2, 0.25) is 0 Å². The van der Waals surface area contributed by atoms with Gasteiger partial charge in [0.15, 0.2) is 0 Å². The fraction of sp³-hybridized carbons (Fsp3) is 0.200. The number of urea groups is 1. The lowest BCUT2D eigenvalue weighted by molar-refractivity contribution is 0.262. The highest BCUT2D eigenvalue weighted by Crippen LogP contribution is 2.29. The molecule has 126 valence electrons. The van der Waals surface area contributed by atoms with Gasteiger partial charge in [0.2, 0.25) is 0 Å². The lowest BCUT2D eigenvalue weighted by Gasteiger charge is -2.16. The van der Waals surface area contributed by atoms with E-state index in [1.54, 1.807) is 6.20 Å². The predicted molar refractivity (Wildman–Crippen MR) is 101 cm³/mol. The molecule has 0 radical (unpaired) electrons. The van der Waals surface area contributed by atoms with Crippen molar-refractivity contribution in [1.82, 2.24) is 10.3 Å². The number of hydrogen-bond acceptors (Lipinski definition) is 3. The van der Waals surface area contributed by atoms with Crippen LogP contribution in [0.5, 0.6) is 0 Å². The number of hydrogen-bond donors (Lipinski definition) is 3. The lowest BCUT2D eigenvalue weighted by atomic mass is 9.96. The van der Waals surface area contributed by atoms with E-state index in [9.17, 15) is 4.79 Å². The Hall–Kier alpha value is -2.92. The van der Waals surface area contributed by atoms with E-state index >= 15 is 0 Å². The number of rotatable bonds is 3. The summed E-state index contributed by atoms with van der Waals surface area (Å²) >= 11 is 0. The van der Waals surface area contributed by atoms with Gasteiger partial charge in [-0.3, -0.25) is 4.98 Å². The number of benzene rings is 2. The average molecular weight is 332 g/mol. The average Bonchev–Trinajstić information content (AvgIpc) is 3.17. The van der Waals surface area contributed by atoms with Crippen LogP contribution in [-0.2, 0) is 0 Å². The molecule has 1 unspecified atom stereocenters. The van der Waals surface area contributed by atoms with Crippen molar-refractivity contribution in [1.29, 1.82) is 0 Å². The first-order valence-electron chi connectivity index (χ1n) is 8.52. The molecule has 0 bridgehead atoms. The molecule has 1 saturated heterocycles. The molecular weight excluding hydrogens is 312 g/mol. The van der Waals surface area contributed by atoms with Crippen molar-refractivity contribution in [3.8, 4) is 0 Å². The monoisotopic (exact) mass is 332 g/mol. The summed E-state index contributed by atoms with van der Waals surface area (Å²) in [5, 5.41) is 10.2. The van der Waals surface area contributed by atoms with Crippen LogP contribution in [0, 0.1) is 0 Å². The van der Waals surface area contributed by atoms with Gasteiger partial charge < -0.3 is 16.0 Å². The minimum atomic E-state index is -0.241. The van der Waals surface area contributed by atoms with Gasteiger partial charge in [-0.05, 0) is 42.6 Å². The molecule has 2 aromatic carbocycles. The van der Waals surface area contributed by atoms with Gasteiger partial charge in [0, 0.05) is 23.8 Å². The van der Waals surface area contributed by atoms with Crippen LogP contribution >= 0.6 is 0 Å². The van der Waals surface area contributed by atoms with Crippen LogP contribution in [-0.4, -0.2) is 24.1 Å². The molecule has 1 aromatic heterocycles. The van der Waals surface area contributed by atoms with Gasteiger partial charge >= 0.3 is 6.03 Å². The van der Waals surface area contributed by atoms with Crippen molar-refractivity contribution < 1.29 is 4.79 Å². The first kappa shape index (κ1) is 15.6. The Bertz CT molecular complexity index is 898. The first-order valence-corrected chi connectivity index (χ1v) is 8.52. The second kappa shape index (κ2) is 6.91. The maximum Gasteiger partial charge on any atom is 0.323 e. The van der Waals surface area contributed by atoms with E-state index in [2.05, 4.69) is 27.0 Å². The molecule has 0 aliphatic carbocycles. The molecule has 3 N–H and O–H groups in total. The number of para-hydroxylation sites is 2. The van der Waals surface area contributed by atoms with Crippen molar-refractivity contribution in [2.75, 3.05) is 23.7 Å². The van der Waals surface area contributed by atoms with Gasteiger partial charge in [-0.15, -0.1) is 0 Å². The highest BCUT2D eigenvalue weighted by Gasteiger charge is 2.20. The third-order valence-electron chi connectivity index (χ3n) is 4.61. The van der Waals surface area contributed by atoms with Crippen molar-refractivity contribution in [2.45, 2.75) is 12.3 Å². The third-order valence-corrected chi connectivity index (χ3v) is 4.61. The standard InChI is InChI=1S/C20H20N4O/c25-20(24-19-10-12-22-17-7-3-2-6-16(17)19)23-18-8-4-1-5-15(18)14-9-11-21-13-14/h1-8,10,12,14,21H,9,11,13H2,(H2,22,23,24,25). The highest BCUT2D eigenvalue weighted by molar-refractivity contribution is 6.05. The summed E-state index contributed by atoms with van der Waals surface area (Å²) in [4.78, 5) is 16.9. The first-order chi connectivity index (χ1) is 12.3. The minimum absolute atomic E-state index is 0.241. The molecule has 1 aliphatic rings. The maximum atomic E-state index is 12.5. The summed E-state index contributed by atoms with van der Waals surface area (Å²) < 4.78 is 0. The van der Waals surface area contributed by atoms with Gasteiger partial charge in [-0.2, -0.15) is 0 Å². The second-order valence-electron chi connectivity index (χ2n) is 6.23. The van der Waals surface area contributed by atoms with Crippen molar-refractivity contribution in [2.24, 2.45) is 0 Å². The SMILES string of the molecule is O=C(Nc1ccccc1C1CCNC1)Nc1ccnc2ccccc12. The van der Waals surface area contributed by atoms with E-state index < -0.39 is 0 Å². The minimum Gasteiger partial charge on any atom is -0.316 e. The van der Waals surface area contributed by atoms with Crippen LogP contribution in [0.25, 0.3) is 10.9 Å². The number of fused-ring (bicyclic) bond motifs is 1. The summed E-state index contributed by atoms with van der Waals surface area (Å²) in [5.41, 5.74) is 3.66. The number of carbonyl (C=O) groups excluding carboxylic acids is 1. The summed E-state index contributed by atoms with van der Waals surface area (Å²) in [6, 6.07) is 17.4. The Labute approximate surface area is 146 Å². The molecule has 4 rings (SSSR count). The molecule has 1 atom stereocenters. The van der Waals surface area contributed by atoms with Gasteiger partial charge in [0.05, 0.1) is 11.2 Å². The largest absolute Gasteiger partial charge is 0.323 e. The third kappa shape index (κ3) is 3.32. The summed E-state index contributed by atoms with van der Waals surface area (Å²) in [7, 11) is 0. The smallest absolute Gasteiger partial charge is 0.316 e. The van der Waals surface area contributed by atoms with Crippen molar-refractivity contribution >= 4 is 28.3 Å². The molecular formula is C20H20N4O. The zero-order valence-electron chi connectivity index (χ0n) is 13.8. The molecule has 5 nitrogen and oxygen atoms in total. The molecule has 5 heteroatoms. The fourth-order valence-electron chi connectivity index (χ4n) is 3.37. The summed E-state index contributed by atoms with van der Waals surface area (Å²) in [6.07, 6.45) is 2.80. The normalized spacial score (nSPS) is 16.7. The van der Waals surface area contributed by atoms with E-state index in [0.717, 1.165) is 41.8 Å². The van der Waals surface area contributed by atoms with E-state index in [1.165, 1.54) is 5.56 Å². The number of nitrogens with zero attached hydrogens (tertiary/aromatic N) is 1. The number of nitrogens with one attached hydrogen (secondary N) is 3. The van der Waals surface area contributed by atoms with Gasteiger partial charge in [-0.1, -0.05) is 36.4 Å². The molecule has 0 spiro atoms. The van der Waals surface area contributed by atoms with E-state index in [4.69, 9.17) is 0 Å². The Morgan fingerprint density at radius 3 is 2.68 bits per heavy atom. The van der Waals surface area contributed by atoms with Crippen LogP contribution < -0.4 is 16.0 Å². The second-order valence-corrected chi connectivity index (χ2v) is 6.23. The molecule has 25 heavy (non-hydrogen) atoms. The van der Waals surface area contributed by atoms with Crippen LogP contribution in [0.3, 0.4) is 0 Å². The summed E-state index contributed by atoms with van der Waals surface area (Å²) in [6.45, 7) is 1.98. The van der Waals surface area contributed by atoms with Gasteiger partial charge in [0.1, 0.15) is 0 Å². The van der Waals surface area contributed by atoms with Crippen LogP contribution in [0.15, 0.2) is 60.8 Å². The Morgan fingerprint density at radius 2 is 1.80 bits per heavy atom. The molecule has 0 saturated carbocycles. The van der Waals surface area contributed by atoms with E-state index in [-0.39, 0.29) is 6.03 Å². The molecule has 3 aromatic rings. The number of carbonyl (C=O) groups is 1. The fourth-order valence-corrected chi connectivity index (χ4v) is 3.37. The number of amides is 2. The van der Waals surface area contributed by atoms with Crippen LogP contribution in [0.4, 0.5) is 16.2 Å². The predicted octanol–water partition coefficient (Wildman–Crippen LogP) is 3.96. The lowest BCUT2D eigenvalue weighted by Crippen LogP contribution is -2.21. The molecule has 1 aliphatic heterocycles. The molecule has 2 heterocycles. The molecule has 1 fully saturated rings. The quantitative estimate of drug-likeness (QED) is 0.680. The zero-order chi connectivity index (χ0) is 17.1. The number of aromatic nitrogens is 1. The zero-order valence-corrected chi connectivity index (χ0v) is 13.8. The molecule has 2 amide bonds. The van der Waals surface area contributed by atoms with Crippen molar-refractivity contribution in [3.63, 3.8) is 0 Å². The van der Waals surface area contributed by atoms with E-state index in [0.29, 0.717) is 5.92 Å². The number of anilines is 2. The van der Waals surface area contributed by atoms with Gasteiger partial charge in [0.25, 0.3) is 0 Å². The highest BCUT2D eigenvalue weighted by atomic mass is 16.2. The topological polar surface area (TPSA) is 66.1 Å². The van der Waals surface area contributed by atoms with Gasteiger partial charge in [-0.25, -0.2) is 4.79 Å².